The normalized spacial score (nSPS) is 57.3. The minimum atomic E-state index is -1.50. The van der Waals surface area contributed by atoms with Gasteiger partial charge in [-0.3, -0.25) is 0 Å². The number of fused-ring (bicyclic) bond motifs is 5. The SMILES string of the molecule is ClC1=C(Cl)[C@]2(Cl)[C@H]3C[C@H](Cl)[C@H](Cl)[C@H]3[C@@]1(Cl)C2(Cl)Cl. The van der Waals surface area contributed by atoms with Gasteiger partial charge in [-0.05, 0) is 12.3 Å². The zero-order chi connectivity index (χ0) is 13.7. The maximum absolute atomic E-state index is 6.62. The fourth-order valence-corrected chi connectivity index (χ4v) is 7.46. The van der Waals surface area contributed by atoms with Gasteiger partial charge >= 0.3 is 0 Å². The van der Waals surface area contributed by atoms with Crippen LogP contribution in [-0.4, -0.2) is 24.8 Å². The van der Waals surface area contributed by atoms with Gasteiger partial charge in [0, 0.05) is 5.92 Å². The first-order chi connectivity index (χ1) is 8.11. The largest absolute Gasteiger partial charge is 0.166 e. The first kappa shape index (κ1) is 15.0. The highest BCUT2D eigenvalue weighted by molar-refractivity contribution is 6.66. The van der Waals surface area contributed by atoms with Crippen LogP contribution in [0.3, 0.4) is 0 Å². The van der Waals surface area contributed by atoms with E-state index < -0.39 is 19.5 Å². The Bertz CT molecular complexity index is 459. The van der Waals surface area contributed by atoms with Crippen molar-refractivity contribution in [3.05, 3.63) is 10.1 Å². The molecule has 102 valence electrons. The molecule has 18 heavy (non-hydrogen) atoms. The van der Waals surface area contributed by atoms with E-state index in [0.29, 0.717) is 6.42 Å². The first-order valence-electron chi connectivity index (χ1n) is 5.21. The third kappa shape index (κ3) is 1.28. The maximum atomic E-state index is 6.62. The molecule has 0 N–H and O–H groups in total. The summed E-state index contributed by atoms with van der Waals surface area (Å²) >= 11 is 51.0. The van der Waals surface area contributed by atoms with Crippen molar-refractivity contribution in [1.82, 2.24) is 0 Å². The predicted molar refractivity (Wildman–Crippen MR) is 81.2 cm³/mol. The molecule has 0 radical (unpaired) electrons. The molecule has 0 spiro atoms. The van der Waals surface area contributed by atoms with E-state index in [0.717, 1.165) is 0 Å². The molecule has 8 heteroatoms. The van der Waals surface area contributed by atoms with Crippen LogP contribution in [0.2, 0.25) is 0 Å². The van der Waals surface area contributed by atoms with Crippen molar-refractivity contribution < 1.29 is 0 Å². The number of hydrogen-bond acceptors (Lipinski definition) is 0. The Labute approximate surface area is 145 Å². The molecule has 6 atom stereocenters. The van der Waals surface area contributed by atoms with Gasteiger partial charge in [0.25, 0.3) is 0 Å². The highest BCUT2D eigenvalue weighted by Gasteiger charge is 2.84. The van der Waals surface area contributed by atoms with Crippen LogP contribution in [0.25, 0.3) is 0 Å². The molecule has 2 bridgehead atoms. The summed E-state index contributed by atoms with van der Waals surface area (Å²) in [6.45, 7) is 0. The molecule has 0 amide bonds. The summed E-state index contributed by atoms with van der Waals surface area (Å²) in [6.07, 6.45) is 0.555. The topological polar surface area (TPSA) is 0 Å². The van der Waals surface area contributed by atoms with Gasteiger partial charge in [-0.2, -0.15) is 0 Å². The van der Waals surface area contributed by atoms with Gasteiger partial charge in [-0.25, -0.2) is 0 Å². The number of halogens is 8. The Hall–Kier alpha value is 2.06. The highest BCUT2D eigenvalue weighted by atomic mass is 35.5. The standard InChI is InChI=1S/C10H6Cl8/c11-3-1-2-4(5(3)12)9(16)7(14)6(13)8(2,15)10(9,17)18/h2-5H,1H2/t2-,3-,4-,5-,8+,9-/m0/s1. The molecule has 0 aromatic carbocycles. The van der Waals surface area contributed by atoms with Crippen LogP contribution in [0.5, 0.6) is 0 Å². The van der Waals surface area contributed by atoms with Crippen molar-refractivity contribution in [1.29, 1.82) is 0 Å². The third-order valence-corrected chi connectivity index (χ3v) is 9.79. The molecular weight excluding hydrogens is 404 g/mol. The Balaban J connectivity index is 2.26. The number of hydrogen-bond donors (Lipinski definition) is 0. The van der Waals surface area contributed by atoms with E-state index in [1.165, 1.54) is 0 Å². The zero-order valence-corrected chi connectivity index (χ0v) is 14.6. The second-order valence-electron chi connectivity index (χ2n) is 4.95. The summed E-state index contributed by atoms with van der Waals surface area (Å²) in [7, 11) is 0. The highest BCUT2D eigenvalue weighted by Crippen LogP contribution is 2.79. The first-order valence-corrected chi connectivity index (χ1v) is 8.35. The van der Waals surface area contributed by atoms with Gasteiger partial charge < -0.3 is 0 Å². The van der Waals surface area contributed by atoms with Gasteiger partial charge in [0.2, 0.25) is 0 Å². The lowest BCUT2D eigenvalue weighted by atomic mass is 9.84. The molecule has 3 aliphatic carbocycles. The minimum Gasteiger partial charge on any atom is -0.121 e. The molecule has 0 heterocycles. The summed E-state index contributed by atoms with van der Waals surface area (Å²) in [5.41, 5.74) is 0. The molecule has 2 fully saturated rings. The lowest BCUT2D eigenvalue weighted by molar-refractivity contribution is 0.385. The number of allylic oxidation sites excluding steroid dienone is 2. The summed E-state index contributed by atoms with van der Waals surface area (Å²) in [4.78, 5) is -2.50. The smallest absolute Gasteiger partial charge is 0.121 e. The molecule has 0 aliphatic heterocycles. The van der Waals surface area contributed by atoms with E-state index in [4.69, 9.17) is 92.8 Å². The molecule has 0 unspecified atom stereocenters. The lowest BCUT2D eigenvalue weighted by Crippen LogP contribution is -2.47. The summed E-state index contributed by atoms with van der Waals surface area (Å²) < 4.78 is -1.50. The molecule has 2 saturated carbocycles. The zero-order valence-electron chi connectivity index (χ0n) is 8.54. The predicted octanol–water partition coefficient (Wildman–Crippen LogP) is 5.68. The van der Waals surface area contributed by atoms with Gasteiger partial charge in [-0.15, -0.1) is 46.4 Å². The number of rotatable bonds is 0. The fraction of sp³-hybridized carbons (Fsp3) is 0.800. The van der Waals surface area contributed by atoms with Crippen molar-refractivity contribution in [2.24, 2.45) is 11.8 Å². The summed E-state index contributed by atoms with van der Waals surface area (Å²) in [5, 5.41) is -0.259. The van der Waals surface area contributed by atoms with Crippen molar-refractivity contribution in [3.8, 4) is 0 Å². The van der Waals surface area contributed by atoms with E-state index in [-0.39, 0.29) is 27.3 Å². The Morgan fingerprint density at radius 1 is 0.889 bits per heavy atom. The monoisotopic (exact) mass is 406 g/mol. The van der Waals surface area contributed by atoms with Crippen LogP contribution in [0, 0.1) is 11.8 Å². The second kappa shape index (κ2) is 4.07. The average molecular weight is 410 g/mol. The van der Waals surface area contributed by atoms with E-state index in [2.05, 4.69) is 0 Å². The van der Waals surface area contributed by atoms with Crippen LogP contribution in [-0.2, 0) is 0 Å². The second-order valence-corrected chi connectivity index (χ2v) is 9.29. The quantitative estimate of drug-likeness (QED) is 0.451. The fourth-order valence-electron chi connectivity index (χ4n) is 3.48. The molecule has 0 aromatic rings. The van der Waals surface area contributed by atoms with E-state index in [1.807, 2.05) is 0 Å². The van der Waals surface area contributed by atoms with Crippen molar-refractivity contribution in [2.75, 3.05) is 0 Å². The van der Waals surface area contributed by atoms with Crippen molar-refractivity contribution in [3.63, 3.8) is 0 Å². The van der Waals surface area contributed by atoms with Crippen molar-refractivity contribution >= 4 is 92.8 Å². The van der Waals surface area contributed by atoms with Gasteiger partial charge in [-0.1, -0.05) is 46.4 Å². The molecule has 0 aromatic heterocycles. The summed E-state index contributed by atoms with van der Waals surface area (Å²) in [5.74, 6) is -0.488. The van der Waals surface area contributed by atoms with E-state index in [9.17, 15) is 0 Å². The maximum Gasteiger partial charge on any atom is 0.166 e. The minimum absolute atomic E-state index is 0.184. The van der Waals surface area contributed by atoms with Gasteiger partial charge in [0.15, 0.2) is 4.33 Å². The van der Waals surface area contributed by atoms with Crippen molar-refractivity contribution in [2.45, 2.75) is 31.3 Å². The van der Waals surface area contributed by atoms with Crippen LogP contribution in [0.1, 0.15) is 6.42 Å². The van der Waals surface area contributed by atoms with Crippen LogP contribution >= 0.6 is 92.8 Å². The summed E-state index contributed by atoms with van der Waals surface area (Å²) in [6, 6.07) is 0. The molecule has 0 saturated heterocycles. The van der Waals surface area contributed by atoms with Gasteiger partial charge in [0.05, 0.1) is 20.8 Å². The van der Waals surface area contributed by atoms with Crippen LogP contribution < -0.4 is 0 Å². The molecule has 3 aliphatic rings. The van der Waals surface area contributed by atoms with E-state index in [1.54, 1.807) is 0 Å². The number of alkyl halides is 6. The van der Waals surface area contributed by atoms with Gasteiger partial charge in [0.1, 0.15) is 9.75 Å². The van der Waals surface area contributed by atoms with Crippen LogP contribution in [0.15, 0.2) is 10.1 Å². The molecular formula is C10H6Cl8. The lowest BCUT2D eigenvalue weighted by Gasteiger charge is -2.35. The Morgan fingerprint density at radius 3 is 1.94 bits per heavy atom. The Morgan fingerprint density at radius 2 is 1.39 bits per heavy atom. The molecule has 0 nitrogen and oxygen atoms in total. The van der Waals surface area contributed by atoms with E-state index >= 15 is 0 Å². The van der Waals surface area contributed by atoms with Crippen LogP contribution in [0.4, 0.5) is 0 Å². The average Bonchev–Trinajstić information content (AvgIpc) is 2.69. The molecule has 3 rings (SSSR count). The third-order valence-electron chi connectivity index (χ3n) is 4.32. The Kier molecular flexibility index (Phi) is 3.39.